The maximum Gasteiger partial charge on any atom is 0.237 e. The lowest BCUT2D eigenvalue weighted by atomic mass is 9.95. The van der Waals surface area contributed by atoms with E-state index in [1.807, 2.05) is 27.7 Å². The van der Waals surface area contributed by atoms with E-state index in [0.29, 0.717) is 12.3 Å². The van der Waals surface area contributed by atoms with Gasteiger partial charge in [-0.05, 0) is 36.0 Å². The third kappa shape index (κ3) is 4.93. The molecule has 0 radical (unpaired) electrons. The Morgan fingerprint density at radius 2 is 1.75 bits per heavy atom. The molecule has 1 aromatic rings. The fourth-order valence-corrected chi connectivity index (χ4v) is 2.18. The first-order chi connectivity index (χ1) is 9.31. The van der Waals surface area contributed by atoms with E-state index < -0.39 is 6.04 Å². The summed E-state index contributed by atoms with van der Waals surface area (Å²) in [5, 5.41) is 2.97. The summed E-state index contributed by atoms with van der Waals surface area (Å²) in [4.78, 5) is 12.1. The van der Waals surface area contributed by atoms with Crippen molar-refractivity contribution in [3.8, 4) is 0 Å². The SMILES string of the molecule is CC(C)C[C@H](N)C(=O)NC(c1ccc(F)cc1)C(C)C. The van der Waals surface area contributed by atoms with Crippen LogP contribution in [0, 0.1) is 17.7 Å². The Morgan fingerprint density at radius 1 is 1.20 bits per heavy atom. The molecule has 0 fully saturated rings. The minimum atomic E-state index is -0.503. The van der Waals surface area contributed by atoms with Crippen molar-refractivity contribution >= 4 is 5.91 Å². The standard InChI is InChI=1S/C16H25FN2O/c1-10(2)9-14(18)16(20)19-15(11(3)4)12-5-7-13(17)8-6-12/h5-8,10-11,14-15H,9,18H2,1-4H3,(H,19,20)/t14-,15?/m0/s1. The zero-order chi connectivity index (χ0) is 15.3. The van der Waals surface area contributed by atoms with Gasteiger partial charge in [-0.2, -0.15) is 0 Å². The highest BCUT2D eigenvalue weighted by Gasteiger charge is 2.22. The van der Waals surface area contributed by atoms with Crippen molar-refractivity contribution in [1.82, 2.24) is 5.32 Å². The van der Waals surface area contributed by atoms with Crippen molar-refractivity contribution < 1.29 is 9.18 Å². The van der Waals surface area contributed by atoms with Crippen LogP contribution in [0.15, 0.2) is 24.3 Å². The molecule has 1 unspecified atom stereocenters. The van der Waals surface area contributed by atoms with E-state index in [1.165, 1.54) is 12.1 Å². The van der Waals surface area contributed by atoms with Crippen molar-refractivity contribution in [2.45, 2.75) is 46.2 Å². The number of rotatable bonds is 6. The van der Waals surface area contributed by atoms with E-state index in [9.17, 15) is 9.18 Å². The smallest absolute Gasteiger partial charge is 0.237 e. The topological polar surface area (TPSA) is 55.1 Å². The molecule has 1 amide bonds. The van der Waals surface area contributed by atoms with Crippen LogP contribution >= 0.6 is 0 Å². The third-order valence-electron chi connectivity index (χ3n) is 3.26. The minimum absolute atomic E-state index is 0.151. The fraction of sp³-hybridized carbons (Fsp3) is 0.562. The van der Waals surface area contributed by atoms with Crippen molar-refractivity contribution in [3.63, 3.8) is 0 Å². The summed E-state index contributed by atoms with van der Waals surface area (Å²) < 4.78 is 13.0. The van der Waals surface area contributed by atoms with Gasteiger partial charge in [0.15, 0.2) is 0 Å². The second-order valence-corrected chi connectivity index (χ2v) is 6.02. The zero-order valence-corrected chi connectivity index (χ0v) is 12.7. The maximum atomic E-state index is 13.0. The van der Waals surface area contributed by atoms with Gasteiger partial charge >= 0.3 is 0 Å². The predicted octanol–water partition coefficient (Wildman–Crippen LogP) is 3.01. The van der Waals surface area contributed by atoms with E-state index in [0.717, 1.165) is 5.56 Å². The lowest BCUT2D eigenvalue weighted by Gasteiger charge is -2.25. The number of nitrogens with two attached hydrogens (primary N) is 1. The summed E-state index contributed by atoms with van der Waals surface area (Å²) in [6, 6.07) is 5.57. The van der Waals surface area contributed by atoms with Crippen LogP contribution in [0.1, 0.15) is 45.7 Å². The van der Waals surface area contributed by atoms with Gasteiger partial charge in [0, 0.05) is 0 Å². The summed E-state index contributed by atoms with van der Waals surface area (Å²) in [5.41, 5.74) is 6.79. The summed E-state index contributed by atoms with van der Waals surface area (Å²) in [7, 11) is 0. The summed E-state index contributed by atoms with van der Waals surface area (Å²) in [5.74, 6) is 0.149. The largest absolute Gasteiger partial charge is 0.348 e. The monoisotopic (exact) mass is 280 g/mol. The van der Waals surface area contributed by atoms with E-state index in [2.05, 4.69) is 5.32 Å². The summed E-state index contributed by atoms with van der Waals surface area (Å²) in [6.07, 6.45) is 0.653. The van der Waals surface area contributed by atoms with Crippen molar-refractivity contribution in [2.24, 2.45) is 17.6 Å². The van der Waals surface area contributed by atoms with Crippen LogP contribution in [0.3, 0.4) is 0 Å². The van der Waals surface area contributed by atoms with Crippen LogP contribution in [-0.2, 0) is 4.79 Å². The average Bonchev–Trinajstić information content (AvgIpc) is 2.35. The van der Waals surface area contributed by atoms with E-state index in [1.54, 1.807) is 12.1 Å². The van der Waals surface area contributed by atoms with Gasteiger partial charge in [-0.1, -0.05) is 39.8 Å². The molecular weight excluding hydrogens is 255 g/mol. The molecule has 4 heteroatoms. The first-order valence-electron chi connectivity index (χ1n) is 7.12. The predicted molar refractivity (Wildman–Crippen MR) is 79.6 cm³/mol. The van der Waals surface area contributed by atoms with Gasteiger partial charge in [0.1, 0.15) is 5.82 Å². The van der Waals surface area contributed by atoms with Gasteiger partial charge in [0.2, 0.25) is 5.91 Å². The number of nitrogens with one attached hydrogen (secondary N) is 1. The maximum absolute atomic E-state index is 13.0. The molecule has 20 heavy (non-hydrogen) atoms. The highest BCUT2D eigenvalue weighted by atomic mass is 19.1. The molecule has 1 aromatic carbocycles. The molecule has 2 atom stereocenters. The minimum Gasteiger partial charge on any atom is -0.348 e. The fourth-order valence-electron chi connectivity index (χ4n) is 2.18. The molecule has 0 heterocycles. The molecule has 3 nitrogen and oxygen atoms in total. The van der Waals surface area contributed by atoms with Gasteiger partial charge in [-0.15, -0.1) is 0 Å². The number of hydrogen-bond acceptors (Lipinski definition) is 2. The number of carbonyl (C=O) groups is 1. The van der Waals surface area contributed by atoms with Crippen molar-refractivity contribution in [3.05, 3.63) is 35.6 Å². The second-order valence-electron chi connectivity index (χ2n) is 6.02. The van der Waals surface area contributed by atoms with Gasteiger partial charge in [0.25, 0.3) is 0 Å². The molecule has 0 saturated heterocycles. The Bertz CT molecular complexity index is 429. The molecule has 0 aromatic heterocycles. The Morgan fingerprint density at radius 3 is 2.20 bits per heavy atom. The molecule has 1 rings (SSSR count). The highest BCUT2D eigenvalue weighted by Crippen LogP contribution is 2.22. The van der Waals surface area contributed by atoms with Crippen LogP contribution in [0.2, 0.25) is 0 Å². The van der Waals surface area contributed by atoms with Crippen LogP contribution in [0.5, 0.6) is 0 Å². The van der Waals surface area contributed by atoms with E-state index in [4.69, 9.17) is 5.73 Å². The number of benzene rings is 1. The molecule has 112 valence electrons. The number of hydrogen-bond donors (Lipinski definition) is 2. The van der Waals surface area contributed by atoms with Crippen molar-refractivity contribution in [2.75, 3.05) is 0 Å². The van der Waals surface area contributed by atoms with Crippen LogP contribution in [-0.4, -0.2) is 11.9 Å². The third-order valence-corrected chi connectivity index (χ3v) is 3.26. The lowest BCUT2D eigenvalue weighted by molar-refractivity contribution is -0.123. The molecule has 3 N–H and O–H groups in total. The van der Waals surface area contributed by atoms with Crippen LogP contribution in [0.25, 0.3) is 0 Å². The normalized spacial score (nSPS) is 14.4. The highest BCUT2D eigenvalue weighted by molar-refractivity contribution is 5.81. The lowest BCUT2D eigenvalue weighted by Crippen LogP contribution is -2.44. The Kier molecular flexibility index (Phi) is 6.14. The van der Waals surface area contributed by atoms with Gasteiger partial charge in [0.05, 0.1) is 12.1 Å². The average molecular weight is 280 g/mol. The van der Waals surface area contributed by atoms with Crippen molar-refractivity contribution in [1.29, 1.82) is 0 Å². The van der Waals surface area contributed by atoms with Gasteiger partial charge in [-0.3, -0.25) is 4.79 Å². The van der Waals surface area contributed by atoms with E-state index >= 15 is 0 Å². The van der Waals surface area contributed by atoms with Crippen LogP contribution in [0.4, 0.5) is 4.39 Å². The molecule has 0 bridgehead atoms. The summed E-state index contributed by atoms with van der Waals surface area (Å²) >= 11 is 0. The van der Waals surface area contributed by atoms with Crippen LogP contribution < -0.4 is 11.1 Å². The summed E-state index contributed by atoms with van der Waals surface area (Å²) in [6.45, 7) is 8.10. The number of carbonyl (C=O) groups excluding carboxylic acids is 1. The van der Waals surface area contributed by atoms with Gasteiger partial charge < -0.3 is 11.1 Å². The molecule has 0 aliphatic heterocycles. The van der Waals surface area contributed by atoms with E-state index in [-0.39, 0.29) is 23.7 Å². The molecule has 0 aliphatic carbocycles. The molecular formula is C16H25FN2O. The second kappa shape index (κ2) is 7.39. The molecule has 0 aliphatic rings. The first-order valence-corrected chi connectivity index (χ1v) is 7.12. The van der Waals surface area contributed by atoms with Gasteiger partial charge in [-0.25, -0.2) is 4.39 Å². The molecule has 0 spiro atoms. The Labute approximate surface area is 120 Å². The first kappa shape index (κ1) is 16.6. The zero-order valence-electron chi connectivity index (χ0n) is 12.7. The quantitative estimate of drug-likeness (QED) is 0.841. The molecule has 0 saturated carbocycles. The Balaban J connectivity index is 2.77. The number of amides is 1. The number of halogens is 1. The Hall–Kier alpha value is -1.42.